The van der Waals surface area contributed by atoms with Gasteiger partial charge in [-0.25, -0.2) is 0 Å². The van der Waals surface area contributed by atoms with E-state index in [1.165, 1.54) is 25.1 Å². The maximum absolute atomic E-state index is 11.1. The van der Waals surface area contributed by atoms with Gasteiger partial charge in [-0.1, -0.05) is 29.3 Å². The largest absolute Gasteiger partial charge is 0.455 e. The Morgan fingerprint density at radius 1 is 1.27 bits per heavy atom. The highest BCUT2D eigenvalue weighted by atomic mass is 35.5. The number of amides is 1. The zero-order valence-electron chi connectivity index (χ0n) is 11.3. The van der Waals surface area contributed by atoms with Gasteiger partial charge >= 0.3 is 0 Å². The summed E-state index contributed by atoms with van der Waals surface area (Å²) >= 11 is 11.9. The Kier molecular flexibility index (Phi) is 4.85. The lowest BCUT2D eigenvalue weighted by molar-refractivity contribution is -0.384. The SMILES string of the molecule is CC(=O)Nc1ccc(Oc2cccc(Cl)c2Cl)cc1[N+](=O)[O-]. The maximum atomic E-state index is 11.1. The number of nitro groups is 1. The topological polar surface area (TPSA) is 81.5 Å². The Hall–Kier alpha value is -2.31. The summed E-state index contributed by atoms with van der Waals surface area (Å²) in [5.41, 5.74) is -0.201. The van der Waals surface area contributed by atoms with Crippen molar-refractivity contribution in [1.82, 2.24) is 0 Å². The van der Waals surface area contributed by atoms with Crippen LogP contribution < -0.4 is 10.1 Å². The van der Waals surface area contributed by atoms with Crippen LogP contribution in [0, 0.1) is 10.1 Å². The number of hydrogen-bond donors (Lipinski definition) is 1. The second kappa shape index (κ2) is 6.64. The van der Waals surface area contributed by atoms with Crippen molar-refractivity contribution in [1.29, 1.82) is 0 Å². The first-order valence-electron chi connectivity index (χ1n) is 6.06. The number of nitro benzene ring substituents is 1. The fourth-order valence-electron chi connectivity index (χ4n) is 1.71. The minimum absolute atomic E-state index is 0.0852. The molecule has 0 atom stereocenters. The van der Waals surface area contributed by atoms with Crippen LogP contribution in [0.2, 0.25) is 10.0 Å². The number of rotatable bonds is 4. The lowest BCUT2D eigenvalue weighted by Crippen LogP contribution is -2.08. The Morgan fingerprint density at radius 2 is 2.00 bits per heavy atom. The first-order chi connectivity index (χ1) is 10.4. The van der Waals surface area contributed by atoms with E-state index in [9.17, 15) is 14.9 Å². The van der Waals surface area contributed by atoms with Crippen molar-refractivity contribution >= 4 is 40.5 Å². The number of halogens is 2. The molecule has 114 valence electrons. The third-order valence-electron chi connectivity index (χ3n) is 2.62. The molecule has 0 saturated heterocycles. The number of benzene rings is 2. The zero-order chi connectivity index (χ0) is 16.3. The van der Waals surface area contributed by atoms with Crippen molar-refractivity contribution in [2.45, 2.75) is 6.92 Å². The van der Waals surface area contributed by atoms with Gasteiger partial charge in [-0.15, -0.1) is 0 Å². The predicted molar refractivity (Wildman–Crippen MR) is 83.9 cm³/mol. The molecule has 6 nitrogen and oxygen atoms in total. The van der Waals surface area contributed by atoms with Gasteiger partial charge in [-0.3, -0.25) is 14.9 Å². The monoisotopic (exact) mass is 340 g/mol. The molecule has 0 aliphatic carbocycles. The predicted octanol–water partition coefficient (Wildman–Crippen LogP) is 4.65. The molecule has 0 heterocycles. The van der Waals surface area contributed by atoms with Crippen molar-refractivity contribution in [3.63, 3.8) is 0 Å². The molecule has 2 rings (SSSR count). The molecule has 1 N–H and O–H groups in total. The summed E-state index contributed by atoms with van der Waals surface area (Å²) in [5.74, 6) is 0.0652. The molecular weight excluding hydrogens is 331 g/mol. The molecule has 0 fully saturated rings. The summed E-state index contributed by atoms with van der Waals surface area (Å²) in [5, 5.41) is 14.0. The fourth-order valence-corrected chi connectivity index (χ4v) is 2.04. The molecule has 0 aromatic heterocycles. The summed E-state index contributed by atoms with van der Waals surface area (Å²) < 4.78 is 5.51. The molecule has 8 heteroatoms. The molecule has 0 unspecified atom stereocenters. The van der Waals surface area contributed by atoms with E-state index in [0.29, 0.717) is 5.02 Å². The number of nitrogens with zero attached hydrogens (tertiary/aromatic N) is 1. The highest BCUT2D eigenvalue weighted by Crippen LogP contribution is 2.37. The lowest BCUT2D eigenvalue weighted by Gasteiger charge is -2.10. The Bertz CT molecular complexity index is 750. The first-order valence-corrected chi connectivity index (χ1v) is 6.82. The number of hydrogen-bond acceptors (Lipinski definition) is 4. The zero-order valence-corrected chi connectivity index (χ0v) is 12.8. The minimum Gasteiger partial charge on any atom is -0.455 e. The van der Waals surface area contributed by atoms with Crippen molar-refractivity contribution in [3.05, 3.63) is 56.6 Å². The Morgan fingerprint density at radius 3 is 2.64 bits per heavy atom. The number of anilines is 1. The van der Waals surface area contributed by atoms with Crippen LogP contribution >= 0.6 is 23.2 Å². The lowest BCUT2D eigenvalue weighted by atomic mass is 10.2. The summed E-state index contributed by atoms with van der Waals surface area (Å²) in [4.78, 5) is 21.5. The average Bonchev–Trinajstić information content (AvgIpc) is 2.44. The van der Waals surface area contributed by atoms with E-state index in [-0.39, 0.29) is 27.9 Å². The van der Waals surface area contributed by atoms with E-state index in [1.54, 1.807) is 18.2 Å². The molecule has 0 saturated carbocycles. The maximum Gasteiger partial charge on any atom is 0.296 e. The van der Waals surface area contributed by atoms with Gasteiger partial charge < -0.3 is 10.1 Å². The third kappa shape index (κ3) is 3.66. The first kappa shape index (κ1) is 16.1. The second-order valence-electron chi connectivity index (χ2n) is 4.27. The molecule has 0 radical (unpaired) electrons. The van der Waals surface area contributed by atoms with Gasteiger partial charge in [0.15, 0.2) is 0 Å². The summed E-state index contributed by atoms with van der Waals surface area (Å²) in [6.45, 7) is 1.26. The molecule has 1 amide bonds. The summed E-state index contributed by atoms with van der Waals surface area (Å²) in [7, 11) is 0. The van der Waals surface area contributed by atoms with E-state index >= 15 is 0 Å². The van der Waals surface area contributed by atoms with E-state index < -0.39 is 10.8 Å². The van der Waals surface area contributed by atoms with E-state index in [1.807, 2.05) is 0 Å². The summed E-state index contributed by atoms with van der Waals surface area (Å²) in [6, 6.07) is 8.88. The van der Waals surface area contributed by atoms with Crippen LogP contribution in [-0.2, 0) is 4.79 Å². The minimum atomic E-state index is -0.613. The smallest absolute Gasteiger partial charge is 0.296 e. The van der Waals surface area contributed by atoms with Gasteiger partial charge in [0.25, 0.3) is 5.69 Å². The summed E-state index contributed by atoms with van der Waals surface area (Å²) in [6.07, 6.45) is 0. The Labute approximate surface area is 135 Å². The molecular formula is C14H10Cl2N2O4. The number of ether oxygens (including phenoxy) is 1. The van der Waals surface area contributed by atoms with Crippen LogP contribution in [0.1, 0.15) is 6.92 Å². The second-order valence-corrected chi connectivity index (χ2v) is 5.06. The number of carbonyl (C=O) groups is 1. The van der Waals surface area contributed by atoms with Crippen molar-refractivity contribution < 1.29 is 14.5 Å². The highest BCUT2D eigenvalue weighted by molar-refractivity contribution is 6.42. The standard InChI is InChI=1S/C14H10Cl2N2O4/c1-8(19)17-11-6-5-9(7-12(11)18(20)21)22-13-4-2-3-10(15)14(13)16/h2-7H,1H3,(H,17,19). The van der Waals surface area contributed by atoms with Gasteiger partial charge in [0.05, 0.1) is 16.0 Å². The average molecular weight is 341 g/mol. The molecule has 2 aromatic carbocycles. The van der Waals surface area contributed by atoms with Gasteiger partial charge in [0, 0.05) is 6.92 Å². The molecule has 22 heavy (non-hydrogen) atoms. The van der Waals surface area contributed by atoms with Crippen molar-refractivity contribution in [2.75, 3.05) is 5.32 Å². The van der Waals surface area contributed by atoms with Crippen LogP contribution in [0.3, 0.4) is 0 Å². The van der Waals surface area contributed by atoms with E-state index in [4.69, 9.17) is 27.9 Å². The van der Waals surface area contributed by atoms with Crippen LogP contribution in [0.5, 0.6) is 11.5 Å². The number of nitrogens with one attached hydrogen (secondary N) is 1. The van der Waals surface area contributed by atoms with Crippen molar-refractivity contribution in [2.24, 2.45) is 0 Å². The highest BCUT2D eigenvalue weighted by Gasteiger charge is 2.17. The van der Waals surface area contributed by atoms with E-state index in [2.05, 4.69) is 5.32 Å². The fraction of sp³-hybridized carbons (Fsp3) is 0.0714. The normalized spacial score (nSPS) is 10.1. The van der Waals surface area contributed by atoms with Crippen LogP contribution in [0.4, 0.5) is 11.4 Å². The molecule has 0 spiro atoms. The Balaban J connectivity index is 2.36. The molecule has 2 aromatic rings. The van der Waals surface area contributed by atoms with Gasteiger partial charge in [-0.2, -0.15) is 0 Å². The molecule has 0 aliphatic heterocycles. The van der Waals surface area contributed by atoms with Gasteiger partial charge in [0.1, 0.15) is 22.2 Å². The van der Waals surface area contributed by atoms with E-state index in [0.717, 1.165) is 0 Å². The third-order valence-corrected chi connectivity index (χ3v) is 3.42. The van der Waals surface area contributed by atoms with Crippen molar-refractivity contribution in [3.8, 4) is 11.5 Å². The quantitative estimate of drug-likeness (QED) is 0.648. The van der Waals surface area contributed by atoms with Crippen LogP contribution in [0.15, 0.2) is 36.4 Å². The molecule has 0 aliphatic rings. The number of carbonyl (C=O) groups excluding carboxylic acids is 1. The van der Waals surface area contributed by atoms with Gasteiger partial charge in [0.2, 0.25) is 5.91 Å². The molecule has 0 bridgehead atoms. The van der Waals surface area contributed by atoms with Crippen LogP contribution in [0.25, 0.3) is 0 Å². The van der Waals surface area contributed by atoms with Gasteiger partial charge in [-0.05, 0) is 24.3 Å². The van der Waals surface area contributed by atoms with Crippen LogP contribution in [-0.4, -0.2) is 10.8 Å².